The summed E-state index contributed by atoms with van der Waals surface area (Å²) in [5.41, 5.74) is 0.528. The lowest BCUT2D eigenvalue weighted by molar-refractivity contribution is -0.384. The molecule has 2 N–H and O–H groups in total. The third-order valence-electron chi connectivity index (χ3n) is 4.45. The van der Waals surface area contributed by atoms with Crippen molar-refractivity contribution in [3.63, 3.8) is 0 Å². The van der Waals surface area contributed by atoms with E-state index in [1.807, 2.05) is 0 Å². The Labute approximate surface area is 175 Å². The van der Waals surface area contributed by atoms with Crippen LogP contribution in [0.4, 0.5) is 5.69 Å². The molecule has 0 fully saturated rings. The molecule has 0 aliphatic rings. The molecule has 2 heterocycles. The first kappa shape index (κ1) is 20.4. The highest BCUT2D eigenvalue weighted by Crippen LogP contribution is 2.33. The van der Waals surface area contributed by atoms with Crippen LogP contribution < -0.4 is 0 Å². The summed E-state index contributed by atoms with van der Waals surface area (Å²) in [6, 6.07) is 12.7. The zero-order valence-corrected chi connectivity index (χ0v) is 17.1. The Balaban J connectivity index is 1.82. The number of hydrogen-bond acceptors (Lipinski definition) is 8. The normalized spacial score (nSPS) is 12.0. The van der Waals surface area contributed by atoms with Crippen molar-refractivity contribution in [1.29, 1.82) is 0 Å². The molecule has 31 heavy (non-hydrogen) atoms. The van der Waals surface area contributed by atoms with Crippen LogP contribution in [0.15, 0.2) is 86.8 Å². The van der Waals surface area contributed by atoms with E-state index in [1.54, 1.807) is 30.3 Å². The van der Waals surface area contributed by atoms with Gasteiger partial charge in [-0.2, -0.15) is 10.2 Å². The number of rotatable bonds is 6. The Morgan fingerprint density at radius 1 is 0.774 bits per heavy atom. The molecule has 0 unspecified atom stereocenters. The lowest BCUT2D eigenvalue weighted by Gasteiger charge is -2.07. The van der Waals surface area contributed by atoms with E-state index in [9.17, 15) is 26.9 Å². The van der Waals surface area contributed by atoms with E-state index in [0.717, 1.165) is 30.5 Å². The van der Waals surface area contributed by atoms with E-state index >= 15 is 0 Å². The molecule has 0 saturated heterocycles. The van der Waals surface area contributed by atoms with Crippen molar-refractivity contribution in [1.82, 2.24) is 20.4 Å². The second-order valence-corrected chi connectivity index (χ2v) is 10.0. The van der Waals surface area contributed by atoms with E-state index in [1.165, 1.54) is 6.20 Å². The number of nitro benzene ring substituents is 1. The number of non-ortho nitro benzene ring substituents is 1. The summed E-state index contributed by atoms with van der Waals surface area (Å²) in [6.45, 7) is 0. The molecule has 0 atom stereocenters. The van der Waals surface area contributed by atoms with Gasteiger partial charge < -0.3 is 0 Å². The van der Waals surface area contributed by atoms with Gasteiger partial charge in [0.1, 0.15) is 4.90 Å². The maximum absolute atomic E-state index is 13.3. The number of benzene rings is 2. The van der Waals surface area contributed by atoms with Gasteiger partial charge in [0.05, 0.1) is 22.2 Å². The summed E-state index contributed by atoms with van der Waals surface area (Å²) in [5.74, 6) is 0. The molecule has 4 aromatic rings. The van der Waals surface area contributed by atoms with Crippen LogP contribution in [0, 0.1) is 10.1 Å². The van der Waals surface area contributed by atoms with E-state index in [0.29, 0.717) is 5.56 Å². The van der Waals surface area contributed by atoms with Crippen molar-refractivity contribution >= 4 is 25.4 Å². The van der Waals surface area contributed by atoms with Crippen molar-refractivity contribution in [3.8, 4) is 11.1 Å². The molecule has 0 spiro atoms. The second kappa shape index (κ2) is 7.45. The van der Waals surface area contributed by atoms with Gasteiger partial charge >= 0.3 is 0 Å². The Morgan fingerprint density at radius 3 is 2.03 bits per heavy atom. The van der Waals surface area contributed by atoms with Crippen LogP contribution in [0.1, 0.15) is 0 Å². The Morgan fingerprint density at radius 2 is 1.39 bits per heavy atom. The molecule has 2 aromatic carbocycles. The van der Waals surface area contributed by atoms with E-state index in [2.05, 4.69) is 20.4 Å². The van der Waals surface area contributed by atoms with Crippen LogP contribution in [0.2, 0.25) is 0 Å². The van der Waals surface area contributed by atoms with Gasteiger partial charge in [0.2, 0.25) is 19.7 Å². The quantitative estimate of drug-likeness (QED) is 0.327. The van der Waals surface area contributed by atoms with Crippen molar-refractivity contribution in [2.24, 2.45) is 0 Å². The first-order valence-corrected chi connectivity index (χ1v) is 11.6. The number of aromatic nitrogens is 4. The van der Waals surface area contributed by atoms with Crippen molar-refractivity contribution in [3.05, 3.63) is 77.1 Å². The molecule has 0 aliphatic heterocycles. The fourth-order valence-electron chi connectivity index (χ4n) is 2.92. The molecule has 0 radical (unpaired) electrons. The highest BCUT2D eigenvalue weighted by Gasteiger charge is 2.34. The smallest absolute Gasteiger partial charge is 0.267 e. The minimum Gasteiger partial charge on any atom is -0.267 e. The first-order chi connectivity index (χ1) is 14.7. The standard InChI is InChI=1S/C18H13N5O6S2/c24-23(25)13-6-8-14(9-7-13)30(26,27)18-16(11-20-22-18)31(28,29)17-15(10-19-21-17)12-4-2-1-3-5-12/h1-11H,(H,19,21)(H,20,22). The predicted molar refractivity (Wildman–Crippen MR) is 107 cm³/mol. The minimum atomic E-state index is -4.37. The third kappa shape index (κ3) is 3.49. The number of hydrogen-bond donors (Lipinski definition) is 2. The number of aromatic amines is 2. The first-order valence-electron chi connectivity index (χ1n) is 8.59. The van der Waals surface area contributed by atoms with Crippen LogP contribution in [0.25, 0.3) is 11.1 Å². The average molecular weight is 459 g/mol. The maximum atomic E-state index is 13.3. The Hall–Kier alpha value is -3.84. The Kier molecular flexibility index (Phi) is 4.91. The van der Waals surface area contributed by atoms with Gasteiger partial charge in [0, 0.05) is 17.7 Å². The number of nitrogens with one attached hydrogen (secondary N) is 2. The molecule has 13 heteroatoms. The lowest BCUT2D eigenvalue weighted by Crippen LogP contribution is -2.11. The summed E-state index contributed by atoms with van der Waals surface area (Å²) in [7, 11) is -8.75. The second-order valence-electron chi connectivity index (χ2n) is 6.30. The number of H-pyrrole nitrogens is 2. The van der Waals surface area contributed by atoms with Crippen LogP contribution >= 0.6 is 0 Å². The number of nitrogens with zero attached hydrogens (tertiary/aromatic N) is 3. The lowest BCUT2D eigenvalue weighted by atomic mass is 10.1. The van der Waals surface area contributed by atoms with Gasteiger partial charge in [0.15, 0.2) is 10.1 Å². The molecule has 4 rings (SSSR count). The molecule has 2 aromatic heterocycles. The number of sulfone groups is 2. The van der Waals surface area contributed by atoms with Gasteiger partial charge in [-0.05, 0) is 17.7 Å². The summed E-state index contributed by atoms with van der Waals surface area (Å²) in [5, 5.41) is 21.9. The molecule has 0 amide bonds. The predicted octanol–water partition coefficient (Wildman–Crippen LogP) is 2.37. The van der Waals surface area contributed by atoms with Gasteiger partial charge in [0.25, 0.3) is 5.69 Å². The Bertz CT molecular complexity index is 1470. The van der Waals surface area contributed by atoms with Crippen LogP contribution in [-0.4, -0.2) is 42.2 Å². The SMILES string of the molecule is O=[N+]([O-])c1ccc(S(=O)(=O)c2[nH]ncc2S(=O)(=O)c2[nH]ncc2-c2ccccc2)cc1. The highest BCUT2D eigenvalue weighted by atomic mass is 32.2. The summed E-state index contributed by atoms with van der Waals surface area (Å²) in [4.78, 5) is 9.23. The zero-order valence-electron chi connectivity index (χ0n) is 15.5. The summed E-state index contributed by atoms with van der Waals surface area (Å²) < 4.78 is 52.7. The molecule has 0 bridgehead atoms. The molecular formula is C18H13N5O6S2. The topological polar surface area (TPSA) is 169 Å². The molecular weight excluding hydrogens is 446 g/mol. The molecule has 0 aliphatic carbocycles. The van der Waals surface area contributed by atoms with E-state index in [4.69, 9.17) is 0 Å². The van der Waals surface area contributed by atoms with Gasteiger partial charge in [-0.15, -0.1) is 0 Å². The third-order valence-corrected chi connectivity index (χ3v) is 8.05. The van der Waals surface area contributed by atoms with Crippen molar-refractivity contribution < 1.29 is 21.8 Å². The maximum Gasteiger partial charge on any atom is 0.269 e. The fourth-order valence-corrected chi connectivity index (χ4v) is 6.14. The fraction of sp³-hybridized carbons (Fsp3) is 0. The van der Waals surface area contributed by atoms with Crippen LogP contribution in [-0.2, 0) is 19.7 Å². The van der Waals surface area contributed by atoms with Gasteiger partial charge in [-0.25, -0.2) is 16.8 Å². The zero-order chi connectivity index (χ0) is 22.2. The monoisotopic (exact) mass is 459 g/mol. The minimum absolute atomic E-state index is 0.264. The van der Waals surface area contributed by atoms with Crippen molar-refractivity contribution in [2.75, 3.05) is 0 Å². The average Bonchev–Trinajstić information content (AvgIpc) is 3.45. The van der Waals surface area contributed by atoms with Gasteiger partial charge in [-0.1, -0.05) is 30.3 Å². The van der Waals surface area contributed by atoms with Crippen LogP contribution in [0.5, 0.6) is 0 Å². The van der Waals surface area contributed by atoms with E-state index < -0.39 is 34.5 Å². The molecule has 11 nitrogen and oxygen atoms in total. The largest absolute Gasteiger partial charge is 0.269 e. The summed E-state index contributed by atoms with van der Waals surface area (Å²) in [6.07, 6.45) is 2.22. The number of nitro groups is 1. The van der Waals surface area contributed by atoms with Gasteiger partial charge in [-0.3, -0.25) is 20.3 Å². The van der Waals surface area contributed by atoms with E-state index in [-0.39, 0.29) is 21.2 Å². The highest BCUT2D eigenvalue weighted by molar-refractivity contribution is 7.94. The molecule has 0 saturated carbocycles. The summed E-state index contributed by atoms with van der Waals surface area (Å²) >= 11 is 0. The van der Waals surface area contributed by atoms with Crippen LogP contribution in [0.3, 0.4) is 0 Å². The molecule has 158 valence electrons. The van der Waals surface area contributed by atoms with Crippen molar-refractivity contribution in [2.45, 2.75) is 19.8 Å².